The van der Waals surface area contributed by atoms with Crippen molar-refractivity contribution in [2.24, 2.45) is 0 Å². The molecule has 0 aliphatic rings. The maximum Gasteiger partial charge on any atom is 0.278 e. The van der Waals surface area contributed by atoms with Crippen molar-refractivity contribution in [3.05, 3.63) is 69.5 Å². The highest BCUT2D eigenvalue weighted by atomic mass is 79.9. The number of nitrogens with zero attached hydrogens (tertiary/aromatic N) is 3. The van der Waals surface area contributed by atoms with E-state index in [4.69, 9.17) is 0 Å². The standard InChI is InChI=1S/C20H20BrN5O2/c1-12-5-4-6-13(2)18(12)23-20(28)19-14(3)26(25-24-19)11-17(27)22-16-9-7-15(21)8-10-16/h4-10H,11H2,1-3H3,(H,22,27)(H,23,28). The van der Waals surface area contributed by atoms with Crippen LogP contribution in [0, 0.1) is 20.8 Å². The first-order valence-electron chi connectivity index (χ1n) is 8.68. The number of carbonyl (C=O) groups is 2. The zero-order valence-electron chi connectivity index (χ0n) is 15.8. The van der Waals surface area contributed by atoms with Crippen LogP contribution in [0.2, 0.25) is 0 Å². The number of nitrogens with one attached hydrogen (secondary N) is 2. The molecule has 1 aromatic heterocycles. The summed E-state index contributed by atoms with van der Waals surface area (Å²) < 4.78 is 2.34. The van der Waals surface area contributed by atoms with E-state index in [1.54, 1.807) is 19.1 Å². The number of benzene rings is 2. The zero-order valence-corrected chi connectivity index (χ0v) is 17.4. The van der Waals surface area contributed by atoms with Gasteiger partial charge in [-0.2, -0.15) is 0 Å². The maximum absolute atomic E-state index is 12.6. The van der Waals surface area contributed by atoms with Crippen LogP contribution in [-0.4, -0.2) is 26.8 Å². The fourth-order valence-electron chi connectivity index (χ4n) is 2.77. The molecule has 144 valence electrons. The summed E-state index contributed by atoms with van der Waals surface area (Å²) in [4.78, 5) is 24.9. The molecule has 1 heterocycles. The van der Waals surface area contributed by atoms with Crippen molar-refractivity contribution in [2.75, 3.05) is 10.6 Å². The second kappa shape index (κ2) is 8.35. The van der Waals surface area contributed by atoms with Gasteiger partial charge in [-0.3, -0.25) is 9.59 Å². The van der Waals surface area contributed by atoms with Gasteiger partial charge in [0.2, 0.25) is 5.91 Å². The first-order chi connectivity index (χ1) is 13.3. The Labute approximate surface area is 171 Å². The highest BCUT2D eigenvalue weighted by molar-refractivity contribution is 9.10. The van der Waals surface area contributed by atoms with Crippen LogP contribution in [0.1, 0.15) is 27.3 Å². The summed E-state index contributed by atoms with van der Waals surface area (Å²) >= 11 is 3.35. The van der Waals surface area contributed by atoms with E-state index in [1.807, 2.05) is 44.2 Å². The van der Waals surface area contributed by atoms with Gasteiger partial charge < -0.3 is 10.6 Å². The van der Waals surface area contributed by atoms with Crippen LogP contribution in [0.4, 0.5) is 11.4 Å². The number of amides is 2. The summed E-state index contributed by atoms with van der Waals surface area (Å²) in [5.41, 5.74) is 4.08. The Balaban J connectivity index is 1.70. The molecule has 2 aromatic carbocycles. The van der Waals surface area contributed by atoms with Gasteiger partial charge in [-0.05, 0) is 56.2 Å². The first kappa shape index (κ1) is 19.8. The van der Waals surface area contributed by atoms with Crippen LogP contribution in [0.15, 0.2) is 46.9 Å². The number of carbonyl (C=O) groups excluding carboxylic acids is 2. The minimum atomic E-state index is -0.352. The van der Waals surface area contributed by atoms with Gasteiger partial charge >= 0.3 is 0 Å². The third kappa shape index (κ3) is 4.45. The summed E-state index contributed by atoms with van der Waals surface area (Å²) in [6.07, 6.45) is 0. The second-order valence-corrected chi connectivity index (χ2v) is 7.37. The number of aryl methyl sites for hydroxylation is 2. The molecule has 2 N–H and O–H groups in total. The van der Waals surface area contributed by atoms with E-state index < -0.39 is 0 Å². The molecule has 0 saturated heterocycles. The molecular weight excluding hydrogens is 422 g/mol. The quantitative estimate of drug-likeness (QED) is 0.628. The SMILES string of the molecule is Cc1cccc(C)c1NC(=O)c1nnn(CC(=O)Nc2ccc(Br)cc2)c1C. The number of hydrogen-bond acceptors (Lipinski definition) is 4. The molecule has 0 atom stereocenters. The van der Waals surface area contributed by atoms with Crippen LogP contribution >= 0.6 is 15.9 Å². The van der Waals surface area contributed by atoms with E-state index in [0.717, 1.165) is 21.3 Å². The fraction of sp³-hybridized carbons (Fsp3) is 0.200. The van der Waals surface area contributed by atoms with E-state index in [-0.39, 0.29) is 24.1 Å². The number of anilines is 2. The van der Waals surface area contributed by atoms with E-state index in [2.05, 4.69) is 36.9 Å². The fourth-order valence-corrected chi connectivity index (χ4v) is 3.04. The van der Waals surface area contributed by atoms with Crippen molar-refractivity contribution in [1.29, 1.82) is 0 Å². The largest absolute Gasteiger partial charge is 0.324 e. The molecule has 28 heavy (non-hydrogen) atoms. The number of hydrogen-bond donors (Lipinski definition) is 2. The van der Waals surface area contributed by atoms with Gasteiger partial charge in [0.1, 0.15) is 6.54 Å². The summed E-state index contributed by atoms with van der Waals surface area (Å²) in [6, 6.07) is 13.1. The molecular formula is C20H20BrN5O2. The van der Waals surface area contributed by atoms with Gasteiger partial charge in [0, 0.05) is 15.8 Å². The lowest BCUT2D eigenvalue weighted by Crippen LogP contribution is -2.21. The highest BCUT2D eigenvalue weighted by Gasteiger charge is 2.19. The van der Waals surface area contributed by atoms with Crippen LogP contribution in [-0.2, 0) is 11.3 Å². The molecule has 0 aliphatic heterocycles. The molecule has 3 rings (SSSR count). The monoisotopic (exact) mass is 441 g/mol. The van der Waals surface area contributed by atoms with Gasteiger partial charge in [0.25, 0.3) is 5.91 Å². The second-order valence-electron chi connectivity index (χ2n) is 6.46. The van der Waals surface area contributed by atoms with Gasteiger partial charge in [-0.1, -0.05) is 39.3 Å². The molecule has 2 amide bonds. The molecule has 0 bridgehead atoms. The molecule has 0 fully saturated rings. The molecule has 0 saturated carbocycles. The Hall–Kier alpha value is -3.00. The zero-order chi connectivity index (χ0) is 20.3. The Morgan fingerprint density at radius 1 is 1.00 bits per heavy atom. The van der Waals surface area contributed by atoms with Gasteiger partial charge in [0.15, 0.2) is 5.69 Å². The van der Waals surface area contributed by atoms with Crippen LogP contribution in [0.3, 0.4) is 0 Å². The summed E-state index contributed by atoms with van der Waals surface area (Å²) in [5, 5.41) is 13.6. The average molecular weight is 442 g/mol. The summed E-state index contributed by atoms with van der Waals surface area (Å²) in [5.74, 6) is -0.605. The third-order valence-corrected chi connectivity index (χ3v) is 4.87. The van der Waals surface area contributed by atoms with Gasteiger partial charge in [-0.15, -0.1) is 5.10 Å². The number of aromatic nitrogens is 3. The Morgan fingerprint density at radius 3 is 2.29 bits per heavy atom. The van der Waals surface area contributed by atoms with Crippen LogP contribution in [0.5, 0.6) is 0 Å². The predicted octanol–water partition coefficient (Wildman–Crippen LogP) is 3.86. The normalized spacial score (nSPS) is 10.6. The van der Waals surface area contributed by atoms with Gasteiger partial charge in [-0.25, -0.2) is 4.68 Å². The molecule has 3 aromatic rings. The van der Waals surface area contributed by atoms with Crippen molar-refractivity contribution in [3.63, 3.8) is 0 Å². The Bertz CT molecular complexity index is 1010. The van der Waals surface area contributed by atoms with Crippen molar-refractivity contribution >= 4 is 39.1 Å². The van der Waals surface area contributed by atoms with Crippen LogP contribution in [0.25, 0.3) is 0 Å². The van der Waals surface area contributed by atoms with Crippen molar-refractivity contribution < 1.29 is 9.59 Å². The molecule has 0 unspecified atom stereocenters. The van der Waals surface area contributed by atoms with Crippen molar-refractivity contribution in [1.82, 2.24) is 15.0 Å². The van der Waals surface area contributed by atoms with Crippen LogP contribution < -0.4 is 10.6 Å². The highest BCUT2D eigenvalue weighted by Crippen LogP contribution is 2.20. The molecule has 7 nitrogen and oxygen atoms in total. The first-order valence-corrected chi connectivity index (χ1v) is 9.47. The lowest BCUT2D eigenvalue weighted by atomic mass is 10.1. The molecule has 0 spiro atoms. The Morgan fingerprint density at radius 2 is 1.64 bits per heavy atom. The number of para-hydroxylation sites is 1. The minimum Gasteiger partial charge on any atom is -0.324 e. The smallest absolute Gasteiger partial charge is 0.278 e. The van der Waals surface area contributed by atoms with Crippen molar-refractivity contribution in [3.8, 4) is 0 Å². The van der Waals surface area contributed by atoms with Gasteiger partial charge in [0.05, 0.1) is 5.69 Å². The number of rotatable bonds is 5. The minimum absolute atomic E-state index is 0.0361. The lowest BCUT2D eigenvalue weighted by Gasteiger charge is -2.10. The topological polar surface area (TPSA) is 88.9 Å². The van der Waals surface area contributed by atoms with E-state index in [9.17, 15) is 9.59 Å². The number of halogens is 1. The third-order valence-electron chi connectivity index (χ3n) is 4.34. The molecule has 0 aliphatic carbocycles. The summed E-state index contributed by atoms with van der Waals surface area (Å²) in [6.45, 7) is 5.54. The van der Waals surface area contributed by atoms with E-state index in [0.29, 0.717) is 11.4 Å². The maximum atomic E-state index is 12.6. The van der Waals surface area contributed by atoms with Crippen molar-refractivity contribution in [2.45, 2.75) is 27.3 Å². The molecule has 0 radical (unpaired) electrons. The summed E-state index contributed by atoms with van der Waals surface area (Å²) in [7, 11) is 0. The average Bonchev–Trinajstić information content (AvgIpc) is 3.00. The molecule has 8 heteroatoms. The van der Waals surface area contributed by atoms with E-state index >= 15 is 0 Å². The van der Waals surface area contributed by atoms with E-state index in [1.165, 1.54) is 4.68 Å². The predicted molar refractivity (Wildman–Crippen MR) is 111 cm³/mol. The lowest BCUT2D eigenvalue weighted by molar-refractivity contribution is -0.117. The Kier molecular flexibility index (Phi) is 5.89.